The molecule has 2 aromatic carbocycles. The molecule has 0 saturated carbocycles. The van der Waals surface area contributed by atoms with Gasteiger partial charge < -0.3 is 15.6 Å². The molecular weight excluding hydrogens is 268 g/mol. The molecule has 0 heterocycles. The highest BCUT2D eigenvalue weighted by Crippen LogP contribution is 2.15. The lowest BCUT2D eigenvalue weighted by Crippen LogP contribution is -2.15. The van der Waals surface area contributed by atoms with Gasteiger partial charge >= 0.3 is 6.09 Å². The van der Waals surface area contributed by atoms with Crippen molar-refractivity contribution < 1.29 is 14.6 Å². The first-order valence-electron chi connectivity index (χ1n) is 6.65. The van der Waals surface area contributed by atoms with Crippen LogP contribution in [0.25, 0.3) is 0 Å². The zero-order chi connectivity index (χ0) is 15.1. The van der Waals surface area contributed by atoms with Gasteiger partial charge in [-0.3, -0.25) is 5.32 Å². The van der Waals surface area contributed by atoms with Crippen LogP contribution >= 0.6 is 0 Å². The third-order valence-electron chi connectivity index (χ3n) is 2.91. The second kappa shape index (κ2) is 7.31. The molecule has 21 heavy (non-hydrogen) atoms. The maximum absolute atomic E-state index is 11.3. The Morgan fingerprint density at radius 1 is 1.05 bits per heavy atom. The average Bonchev–Trinajstić information content (AvgIpc) is 2.49. The molecule has 0 radical (unpaired) electrons. The van der Waals surface area contributed by atoms with Crippen molar-refractivity contribution in [3.8, 4) is 0 Å². The lowest BCUT2D eigenvalue weighted by Gasteiger charge is -2.07. The minimum absolute atomic E-state index is 0.0128. The summed E-state index contributed by atoms with van der Waals surface area (Å²) >= 11 is 0. The molecule has 0 atom stereocenters. The number of carbonyl (C=O) groups is 1. The van der Waals surface area contributed by atoms with E-state index in [4.69, 9.17) is 15.6 Å². The largest absolute Gasteiger partial charge is 0.447 e. The number of carbonyl (C=O) groups excluding carboxylic acids is 1. The molecule has 0 fully saturated rings. The highest BCUT2D eigenvalue weighted by atomic mass is 16.6. The summed E-state index contributed by atoms with van der Waals surface area (Å²) in [5, 5.41) is 11.1. The molecule has 5 heteroatoms. The van der Waals surface area contributed by atoms with Gasteiger partial charge in [0.15, 0.2) is 0 Å². The molecule has 5 nitrogen and oxygen atoms in total. The van der Waals surface area contributed by atoms with Crippen LogP contribution in [-0.2, 0) is 11.2 Å². The molecule has 1 amide bonds. The normalized spacial score (nSPS) is 10.1. The van der Waals surface area contributed by atoms with Crippen molar-refractivity contribution in [3.05, 3.63) is 59.7 Å². The maximum Gasteiger partial charge on any atom is 0.411 e. The molecule has 0 bridgehead atoms. The third-order valence-corrected chi connectivity index (χ3v) is 2.91. The van der Waals surface area contributed by atoms with E-state index in [0.717, 1.165) is 17.7 Å². The van der Waals surface area contributed by atoms with E-state index in [1.54, 1.807) is 0 Å². The van der Waals surface area contributed by atoms with E-state index >= 15 is 0 Å². The monoisotopic (exact) mass is 286 g/mol. The molecule has 0 saturated heterocycles. The standard InChI is InChI=1S/C16H18N2O3/c17-14-5-1-12(2-6-14)11-13-3-7-15(8-4-13)18-16(20)21-10-9-19/h1-8,19H,9-11,17H2,(H,18,20). The number of aliphatic hydroxyl groups is 1. The highest BCUT2D eigenvalue weighted by Gasteiger charge is 2.03. The first-order chi connectivity index (χ1) is 10.2. The zero-order valence-corrected chi connectivity index (χ0v) is 11.6. The molecule has 0 aliphatic heterocycles. The van der Waals surface area contributed by atoms with E-state index < -0.39 is 6.09 Å². The summed E-state index contributed by atoms with van der Waals surface area (Å²) in [6.07, 6.45) is 0.227. The molecule has 4 N–H and O–H groups in total. The first-order valence-corrected chi connectivity index (χ1v) is 6.65. The van der Waals surface area contributed by atoms with Crippen LogP contribution in [0, 0.1) is 0 Å². The van der Waals surface area contributed by atoms with Crippen LogP contribution in [0.5, 0.6) is 0 Å². The number of benzene rings is 2. The lowest BCUT2D eigenvalue weighted by molar-refractivity contribution is 0.131. The predicted molar refractivity (Wildman–Crippen MR) is 82.2 cm³/mol. The molecule has 0 aromatic heterocycles. The number of nitrogens with two attached hydrogens (primary N) is 1. The van der Waals surface area contributed by atoms with E-state index in [1.165, 1.54) is 5.56 Å². The van der Waals surface area contributed by atoms with Crippen molar-refractivity contribution in [2.24, 2.45) is 0 Å². The molecular formula is C16H18N2O3. The van der Waals surface area contributed by atoms with Gasteiger partial charge in [-0.15, -0.1) is 0 Å². The molecule has 2 rings (SSSR count). The van der Waals surface area contributed by atoms with Crippen LogP contribution in [0.3, 0.4) is 0 Å². The Morgan fingerprint density at radius 2 is 1.62 bits per heavy atom. The SMILES string of the molecule is Nc1ccc(Cc2ccc(NC(=O)OCCO)cc2)cc1. The number of nitrogens with one attached hydrogen (secondary N) is 1. The summed E-state index contributed by atoms with van der Waals surface area (Å²) in [5.41, 5.74) is 9.36. The van der Waals surface area contributed by atoms with Gasteiger partial charge in [0.2, 0.25) is 0 Å². The number of rotatable bonds is 5. The summed E-state index contributed by atoms with van der Waals surface area (Å²) in [4.78, 5) is 11.3. The van der Waals surface area contributed by atoms with Crippen LogP contribution in [0.2, 0.25) is 0 Å². The topological polar surface area (TPSA) is 84.6 Å². The second-order valence-electron chi connectivity index (χ2n) is 4.60. The van der Waals surface area contributed by atoms with Gasteiger partial charge in [-0.2, -0.15) is 0 Å². The Morgan fingerprint density at radius 3 is 2.19 bits per heavy atom. The van der Waals surface area contributed by atoms with Crippen molar-refractivity contribution >= 4 is 17.5 Å². The fourth-order valence-electron chi connectivity index (χ4n) is 1.87. The van der Waals surface area contributed by atoms with E-state index in [9.17, 15) is 4.79 Å². The molecule has 2 aromatic rings. The van der Waals surface area contributed by atoms with Crippen molar-refractivity contribution in [1.82, 2.24) is 0 Å². The molecule has 110 valence electrons. The van der Waals surface area contributed by atoms with Crippen LogP contribution in [0.4, 0.5) is 16.2 Å². The zero-order valence-electron chi connectivity index (χ0n) is 11.6. The number of amides is 1. The van der Waals surface area contributed by atoms with E-state index in [1.807, 2.05) is 48.5 Å². The van der Waals surface area contributed by atoms with Crippen molar-refractivity contribution in [1.29, 1.82) is 0 Å². The number of hydrogen-bond donors (Lipinski definition) is 3. The van der Waals surface area contributed by atoms with E-state index in [2.05, 4.69) is 5.32 Å². The van der Waals surface area contributed by atoms with Gasteiger partial charge in [-0.05, 0) is 41.8 Å². The Balaban J connectivity index is 1.92. The highest BCUT2D eigenvalue weighted by molar-refractivity contribution is 5.84. The minimum atomic E-state index is -0.574. The van der Waals surface area contributed by atoms with Gasteiger partial charge in [0.1, 0.15) is 6.61 Å². The summed E-state index contributed by atoms with van der Waals surface area (Å²) in [7, 11) is 0. The Hall–Kier alpha value is -2.53. The van der Waals surface area contributed by atoms with Crippen molar-refractivity contribution in [2.75, 3.05) is 24.3 Å². The summed E-state index contributed by atoms with van der Waals surface area (Å²) in [5.74, 6) is 0. The van der Waals surface area contributed by atoms with Gasteiger partial charge in [0, 0.05) is 11.4 Å². The van der Waals surface area contributed by atoms with Gasteiger partial charge in [0.05, 0.1) is 6.61 Å². The average molecular weight is 286 g/mol. The summed E-state index contributed by atoms with van der Waals surface area (Å²) < 4.78 is 4.72. The third kappa shape index (κ3) is 4.81. The first kappa shape index (κ1) is 14.9. The van der Waals surface area contributed by atoms with E-state index in [0.29, 0.717) is 5.69 Å². The van der Waals surface area contributed by atoms with Gasteiger partial charge in [-0.25, -0.2) is 4.79 Å². The van der Waals surface area contributed by atoms with Gasteiger partial charge in [0.25, 0.3) is 0 Å². The predicted octanol–water partition coefficient (Wildman–Crippen LogP) is 2.40. The van der Waals surface area contributed by atoms with Crippen LogP contribution in [0.15, 0.2) is 48.5 Å². The lowest BCUT2D eigenvalue weighted by atomic mass is 10.0. The van der Waals surface area contributed by atoms with E-state index in [-0.39, 0.29) is 13.2 Å². The fraction of sp³-hybridized carbons (Fsp3) is 0.188. The number of hydrogen-bond acceptors (Lipinski definition) is 4. The molecule has 0 aliphatic rings. The smallest absolute Gasteiger partial charge is 0.411 e. The quantitative estimate of drug-likeness (QED) is 0.737. The minimum Gasteiger partial charge on any atom is -0.447 e. The maximum atomic E-state index is 11.3. The number of anilines is 2. The summed E-state index contributed by atoms with van der Waals surface area (Å²) in [6.45, 7) is -0.199. The summed E-state index contributed by atoms with van der Waals surface area (Å²) in [6, 6.07) is 15.3. The fourth-order valence-corrected chi connectivity index (χ4v) is 1.87. The van der Waals surface area contributed by atoms with Crippen molar-refractivity contribution in [3.63, 3.8) is 0 Å². The Labute approximate surface area is 123 Å². The molecule has 0 spiro atoms. The van der Waals surface area contributed by atoms with Crippen LogP contribution in [0.1, 0.15) is 11.1 Å². The molecule has 0 aliphatic carbocycles. The second-order valence-corrected chi connectivity index (χ2v) is 4.60. The Kier molecular flexibility index (Phi) is 5.17. The number of ether oxygens (including phenoxy) is 1. The van der Waals surface area contributed by atoms with Crippen LogP contribution in [-0.4, -0.2) is 24.4 Å². The number of nitrogen functional groups attached to an aromatic ring is 1. The number of aliphatic hydroxyl groups excluding tert-OH is 1. The van der Waals surface area contributed by atoms with Gasteiger partial charge in [-0.1, -0.05) is 24.3 Å². The van der Waals surface area contributed by atoms with Crippen LogP contribution < -0.4 is 11.1 Å². The van der Waals surface area contributed by atoms with Crippen molar-refractivity contribution in [2.45, 2.75) is 6.42 Å². The molecule has 0 unspecified atom stereocenters. The Bertz CT molecular complexity index is 579.